The molecule has 3 heteroatoms. The van der Waals surface area contributed by atoms with Gasteiger partial charge >= 0.3 is 5.97 Å². The Bertz CT molecular complexity index is 141. The van der Waals surface area contributed by atoms with Gasteiger partial charge in [0.15, 0.2) is 0 Å². The average Bonchev–Trinajstić information content (AvgIpc) is 2.64. The second-order valence-corrected chi connectivity index (χ2v) is 3.18. The highest BCUT2D eigenvalue weighted by Crippen LogP contribution is 2.46. The Balaban J connectivity index is 2.19. The molecule has 0 aliphatic heterocycles. The van der Waals surface area contributed by atoms with Crippen molar-refractivity contribution in [1.82, 2.24) is 0 Å². The minimum atomic E-state index is -0.212. The number of halogens is 1. The Labute approximate surface area is 65.5 Å². The molecular formula is C7H11ClO2. The maximum atomic E-state index is 10.4. The Morgan fingerprint density at radius 1 is 1.70 bits per heavy atom. The Hall–Kier alpha value is -0.240. The van der Waals surface area contributed by atoms with Gasteiger partial charge in [-0.15, -0.1) is 11.6 Å². The predicted molar refractivity (Wildman–Crippen MR) is 39.0 cm³/mol. The lowest BCUT2D eigenvalue weighted by atomic mass is 10.2. The van der Waals surface area contributed by atoms with Gasteiger partial charge in [-0.2, -0.15) is 0 Å². The van der Waals surface area contributed by atoms with Crippen LogP contribution in [-0.2, 0) is 9.53 Å². The van der Waals surface area contributed by atoms with E-state index < -0.39 is 0 Å². The number of hydrogen-bond donors (Lipinski definition) is 0. The molecule has 1 aliphatic rings. The Morgan fingerprint density at radius 3 is 2.60 bits per heavy atom. The van der Waals surface area contributed by atoms with Gasteiger partial charge in [0.2, 0.25) is 0 Å². The van der Waals surface area contributed by atoms with Crippen LogP contribution in [-0.4, -0.2) is 18.5 Å². The average molecular weight is 163 g/mol. The molecule has 1 aliphatic carbocycles. The molecule has 0 aromatic carbocycles. The molecule has 0 aromatic rings. The summed E-state index contributed by atoms with van der Waals surface area (Å²) in [5, 5.41) is 0. The summed E-state index contributed by atoms with van der Waals surface area (Å²) in [6, 6.07) is 0. The zero-order chi connectivity index (χ0) is 7.61. The number of esters is 1. The summed E-state index contributed by atoms with van der Waals surface area (Å²) < 4.78 is 4.84. The van der Waals surface area contributed by atoms with Gasteiger partial charge in [-0.05, 0) is 12.8 Å². The van der Waals surface area contributed by atoms with Gasteiger partial charge in [-0.25, -0.2) is 0 Å². The van der Waals surface area contributed by atoms with Crippen molar-refractivity contribution < 1.29 is 9.53 Å². The SMILES string of the molecule is CC(=O)OCC1(CCl)CC1. The van der Waals surface area contributed by atoms with Crippen LogP contribution >= 0.6 is 11.6 Å². The molecule has 1 fully saturated rings. The fraction of sp³-hybridized carbons (Fsp3) is 0.857. The van der Waals surface area contributed by atoms with Crippen molar-refractivity contribution in [1.29, 1.82) is 0 Å². The van der Waals surface area contributed by atoms with E-state index >= 15 is 0 Å². The molecule has 0 bridgehead atoms. The predicted octanol–water partition coefficient (Wildman–Crippen LogP) is 1.57. The van der Waals surface area contributed by atoms with Crippen molar-refractivity contribution in [3.8, 4) is 0 Å². The van der Waals surface area contributed by atoms with Crippen molar-refractivity contribution >= 4 is 17.6 Å². The van der Waals surface area contributed by atoms with Gasteiger partial charge < -0.3 is 4.74 Å². The third-order valence-corrected chi connectivity index (χ3v) is 2.39. The number of rotatable bonds is 3. The van der Waals surface area contributed by atoms with Crippen LogP contribution in [0.4, 0.5) is 0 Å². The fourth-order valence-corrected chi connectivity index (χ4v) is 1.09. The van der Waals surface area contributed by atoms with Crippen LogP contribution in [0.15, 0.2) is 0 Å². The summed E-state index contributed by atoms with van der Waals surface area (Å²) in [7, 11) is 0. The van der Waals surface area contributed by atoms with Crippen LogP contribution in [0.25, 0.3) is 0 Å². The lowest BCUT2D eigenvalue weighted by molar-refractivity contribution is -0.142. The van der Waals surface area contributed by atoms with Crippen LogP contribution in [0.5, 0.6) is 0 Å². The standard InChI is InChI=1S/C7H11ClO2/c1-6(9)10-5-7(4-8)2-3-7/h2-5H2,1H3. The monoisotopic (exact) mass is 162 g/mol. The van der Waals surface area contributed by atoms with E-state index in [9.17, 15) is 4.79 Å². The molecule has 0 radical (unpaired) electrons. The van der Waals surface area contributed by atoms with Gasteiger partial charge in [0, 0.05) is 18.2 Å². The minimum absolute atomic E-state index is 0.146. The molecule has 0 spiro atoms. The lowest BCUT2D eigenvalue weighted by Crippen LogP contribution is -2.14. The molecule has 0 atom stereocenters. The summed E-state index contributed by atoms with van der Waals surface area (Å²) >= 11 is 5.65. The number of carbonyl (C=O) groups is 1. The third-order valence-electron chi connectivity index (χ3n) is 1.82. The summed E-state index contributed by atoms with van der Waals surface area (Å²) in [6.45, 7) is 1.93. The van der Waals surface area contributed by atoms with E-state index in [2.05, 4.69) is 0 Å². The van der Waals surface area contributed by atoms with E-state index in [1.165, 1.54) is 6.92 Å². The van der Waals surface area contributed by atoms with Crippen LogP contribution in [0.3, 0.4) is 0 Å². The molecule has 1 saturated carbocycles. The molecule has 1 rings (SSSR count). The van der Waals surface area contributed by atoms with Crippen LogP contribution in [0.2, 0.25) is 0 Å². The first-order valence-electron chi connectivity index (χ1n) is 3.38. The molecule has 0 unspecified atom stereocenters. The topological polar surface area (TPSA) is 26.3 Å². The van der Waals surface area contributed by atoms with Crippen molar-refractivity contribution in [2.24, 2.45) is 5.41 Å². The molecule has 2 nitrogen and oxygen atoms in total. The summed E-state index contributed by atoms with van der Waals surface area (Å²) in [5.74, 6) is 0.400. The summed E-state index contributed by atoms with van der Waals surface area (Å²) in [4.78, 5) is 10.4. The van der Waals surface area contributed by atoms with Crippen LogP contribution in [0, 0.1) is 5.41 Å². The van der Waals surface area contributed by atoms with Crippen molar-refractivity contribution in [2.75, 3.05) is 12.5 Å². The molecule has 58 valence electrons. The van der Waals surface area contributed by atoms with E-state index in [0.717, 1.165) is 12.8 Å². The molecule has 0 heterocycles. The zero-order valence-corrected chi connectivity index (χ0v) is 6.78. The first kappa shape index (κ1) is 7.86. The van der Waals surface area contributed by atoms with E-state index in [4.69, 9.17) is 16.3 Å². The highest BCUT2D eigenvalue weighted by Gasteiger charge is 2.42. The Morgan fingerprint density at radius 2 is 2.30 bits per heavy atom. The summed E-state index contributed by atoms with van der Waals surface area (Å²) in [5.41, 5.74) is 0.146. The highest BCUT2D eigenvalue weighted by molar-refractivity contribution is 6.18. The van der Waals surface area contributed by atoms with Gasteiger partial charge in [0.1, 0.15) is 0 Å². The number of alkyl halides is 1. The Kier molecular flexibility index (Phi) is 2.19. The maximum Gasteiger partial charge on any atom is 0.302 e. The van der Waals surface area contributed by atoms with E-state index in [-0.39, 0.29) is 11.4 Å². The molecule has 0 saturated heterocycles. The highest BCUT2D eigenvalue weighted by atomic mass is 35.5. The van der Waals surface area contributed by atoms with E-state index in [0.29, 0.717) is 12.5 Å². The lowest BCUT2D eigenvalue weighted by Gasteiger charge is -2.09. The van der Waals surface area contributed by atoms with Gasteiger partial charge in [-0.1, -0.05) is 0 Å². The largest absolute Gasteiger partial charge is 0.465 e. The molecule has 10 heavy (non-hydrogen) atoms. The number of carbonyl (C=O) groups excluding carboxylic acids is 1. The van der Waals surface area contributed by atoms with Crippen LogP contribution < -0.4 is 0 Å². The van der Waals surface area contributed by atoms with E-state index in [1.54, 1.807) is 0 Å². The smallest absolute Gasteiger partial charge is 0.302 e. The second kappa shape index (κ2) is 2.79. The van der Waals surface area contributed by atoms with Crippen molar-refractivity contribution in [3.63, 3.8) is 0 Å². The minimum Gasteiger partial charge on any atom is -0.465 e. The molecular weight excluding hydrogens is 152 g/mol. The quantitative estimate of drug-likeness (QED) is 0.465. The molecule has 0 amide bonds. The number of hydrogen-bond acceptors (Lipinski definition) is 2. The maximum absolute atomic E-state index is 10.4. The summed E-state index contributed by atoms with van der Waals surface area (Å²) in [6.07, 6.45) is 2.20. The van der Waals surface area contributed by atoms with E-state index in [1.807, 2.05) is 0 Å². The first-order valence-corrected chi connectivity index (χ1v) is 3.91. The first-order chi connectivity index (χ1) is 4.68. The zero-order valence-electron chi connectivity index (χ0n) is 6.02. The van der Waals surface area contributed by atoms with Gasteiger partial charge in [-0.3, -0.25) is 4.79 Å². The molecule has 0 aromatic heterocycles. The van der Waals surface area contributed by atoms with Crippen molar-refractivity contribution in [2.45, 2.75) is 19.8 Å². The fourth-order valence-electron chi connectivity index (χ4n) is 0.748. The molecule has 0 N–H and O–H groups in total. The second-order valence-electron chi connectivity index (χ2n) is 2.91. The van der Waals surface area contributed by atoms with Gasteiger partial charge in [0.05, 0.1) is 6.61 Å². The third kappa shape index (κ3) is 1.87. The van der Waals surface area contributed by atoms with Gasteiger partial charge in [0.25, 0.3) is 0 Å². The number of ether oxygens (including phenoxy) is 1. The van der Waals surface area contributed by atoms with Crippen LogP contribution in [0.1, 0.15) is 19.8 Å². The normalized spacial score (nSPS) is 20.2. The van der Waals surface area contributed by atoms with Crippen molar-refractivity contribution in [3.05, 3.63) is 0 Å².